The molecule has 2 saturated heterocycles. The number of allylic oxidation sites excluding steroid dienone is 1. The van der Waals surface area contributed by atoms with Crippen LogP contribution in [0, 0.1) is 11.3 Å². The van der Waals surface area contributed by atoms with Gasteiger partial charge in [0.15, 0.2) is 0 Å². The van der Waals surface area contributed by atoms with Gasteiger partial charge in [-0.2, -0.15) is 0 Å². The average Bonchev–Trinajstić information content (AvgIpc) is 2.81. The van der Waals surface area contributed by atoms with Crippen LogP contribution in [0.15, 0.2) is 25.3 Å². The Hall–Kier alpha value is -3.04. The molecule has 0 spiro atoms. The molecule has 0 aromatic heterocycles. The van der Waals surface area contributed by atoms with Gasteiger partial charge in [0.2, 0.25) is 0 Å². The number of nitrogens with zero attached hydrogens (tertiary/aromatic N) is 2. The molecule has 2 heterocycles. The minimum Gasteiger partial charge on any atom is -0.481 e. The first-order valence-corrected chi connectivity index (χ1v) is 13.1. The zero-order valence-corrected chi connectivity index (χ0v) is 23.9. The molecular weight excluding hydrogens is 492 g/mol. The van der Waals surface area contributed by atoms with Gasteiger partial charge in [-0.05, 0) is 73.6 Å². The number of aliphatic carboxylic acids is 1. The molecule has 0 aromatic rings. The molecule has 2 aliphatic heterocycles. The van der Waals surface area contributed by atoms with Gasteiger partial charge in [0.25, 0.3) is 0 Å². The van der Waals surface area contributed by atoms with E-state index < -0.39 is 28.7 Å². The quantitative estimate of drug-likeness (QED) is 0.284. The molecule has 2 atom stereocenters. The molecule has 2 amide bonds. The molecule has 2 aliphatic rings. The maximum atomic E-state index is 12.0. The van der Waals surface area contributed by atoms with Crippen LogP contribution >= 0.6 is 0 Å². The van der Waals surface area contributed by atoms with Crippen molar-refractivity contribution >= 4 is 24.1 Å². The summed E-state index contributed by atoms with van der Waals surface area (Å²) >= 11 is 0. The number of hydrogen-bond donors (Lipinski definition) is 1. The van der Waals surface area contributed by atoms with Crippen molar-refractivity contribution in [1.82, 2.24) is 9.80 Å². The molecule has 2 rings (SSSR count). The molecule has 2 fully saturated rings. The lowest BCUT2D eigenvalue weighted by Gasteiger charge is -2.39. The van der Waals surface area contributed by atoms with Crippen LogP contribution in [0.4, 0.5) is 9.59 Å². The summed E-state index contributed by atoms with van der Waals surface area (Å²) in [6.07, 6.45) is 5.45. The van der Waals surface area contributed by atoms with Crippen molar-refractivity contribution in [2.75, 3.05) is 32.8 Å². The van der Waals surface area contributed by atoms with Gasteiger partial charge in [0.1, 0.15) is 17.8 Å². The Balaban J connectivity index is 0.000000380. The van der Waals surface area contributed by atoms with E-state index in [0.717, 1.165) is 12.8 Å². The maximum absolute atomic E-state index is 12.0. The Morgan fingerprint density at radius 2 is 1.47 bits per heavy atom. The van der Waals surface area contributed by atoms with Gasteiger partial charge < -0.3 is 29.1 Å². The van der Waals surface area contributed by atoms with E-state index in [-0.39, 0.29) is 31.1 Å². The van der Waals surface area contributed by atoms with Crippen LogP contribution in [0.25, 0.3) is 0 Å². The number of amides is 2. The lowest BCUT2D eigenvalue weighted by molar-refractivity contribution is -0.152. The molecule has 0 saturated carbocycles. The Morgan fingerprint density at radius 1 is 0.921 bits per heavy atom. The second-order valence-electron chi connectivity index (χ2n) is 11.8. The van der Waals surface area contributed by atoms with E-state index in [9.17, 15) is 24.3 Å². The molecule has 1 N–H and O–H groups in total. The van der Waals surface area contributed by atoms with Crippen LogP contribution < -0.4 is 0 Å². The average molecular weight is 539 g/mol. The van der Waals surface area contributed by atoms with Gasteiger partial charge in [0.05, 0.1) is 11.3 Å². The van der Waals surface area contributed by atoms with Crippen LogP contribution in [-0.4, -0.2) is 83.0 Å². The van der Waals surface area contributed by atoms with Crippen molar-refractivity contribution in [2.45, 2.75) is 84.8 Å². The fourth-order valence-electron chi connectivity index (χ4n) is 4.24. The maximum Gasteiger partial charge on any atom is 0.410 e. The summed E-state index contributed by atoms with van der Waals surface area (Å²) in [4.78, 5) is 50.3. The van der Waals surface area contributed by atoms with Crippen molar-refractivity contribution in [2.24, 2.45) is 11.3 Å². The Labute approximate surface area is 227 Å². The highest BCUT2D eigenvalue weighted by Crippen LogP contribution is 2.34. The van der Waals surface area contributed by atoms with Gasteiger partial charge >= 0.3 is 24.1 Å². The molecule has 38 heavy (non-hydrogen) atoms. The summed E-state index contributed by atoms with van der Waals surface area (Å²) in [5, 5.41) is 9.43. The number of ether oxygens (including phenoxy) is 3. The fourth-order valence-corrected chi connectivity index (χ4v) is 4.24. The van der Waals surface area contributed by atoms with E-state index in [2.05, 4.69) is 13.2 Å². The number of carboxylic acids is 1. The second-order valence-corrected chi connectivity index (χ2v) is 11.8. The number of carboxylic acid groups (broad SMARTS) is 1. The molecule has 0 bridgehead atoms. The number of piperidine rings is 2. The number of carbonyl (C=O) groups is 4. The Morgan fingerprint density at radius 3 is 1.97 bits per heavy atom. The smallest absolute Gasteiger partial charge is 0.410 e. The number of esters is 1. The largest absolute Gasteiger partial charge is 0.481 e. The molecule has 0 aromatic carbocycles. The van der Waals surface area contributed by atoms with Crippen molar-refractivity contribution in [3.63, 3.8) is 0 Å². The molecular formula is C28H46N2O8. The lowest BCUT2D eigenvalue weighted by Crippen LogP contribution is -2.50. The normalized spacial score (nSPS) is 21.8. The fraction of sp³-hybridized carbons (Fsp3) is 0.714. The summed E-state index contributed by atoms with van der Waals surface area (Å²) in [6.45, 7) is 19.9. The monoisotopic (exact) mass is 538 g/mol. The molecule has 2 unspecified atom stereocenters. The van der Waals surface area contributed by atoms with Crippen LogP contribution in [0.2, 0.25) is 0 Å². The summed E-state index contributed by atoms with van der Waals surface area (Å²) in [5.41, 5.74) is -2.01. The highest BCUT2D eigenvalue weighted by Gasteiger charge is 2.43. The molecule has 0 radical (unpaired) electrons. The van der Waals surface area contributed by atoms with Gasteiger partial charge in [-0.3, -0.25) is 9.59 Å². The third kappa shape index (κ3) is 11.1. The minimum atomic E-state index is -0.920. The molecule has 0 aliphatic carbocycles. The molecule has 10 nitrogen and oxygen atoms in total. The third-order valence-electron chi connectivity index (χ3n) is 5.97. The molecule has 10 heteroatoms. The topological polar surface area (TPSA) is 123 Å². The van der Waals surface area contributed by atoms with Crippen molar-refractivity contribution < 1.29 is 38.5 Å². The first-order valence-electron chi connectivity index (χ1n) is 13.1. The summed E-state index contributed by atoms with van der Waals surface area (Å²) in [7, 11) is 0. The minimum absolute atomic E-state index is 0.184. The van der Waals surface area contributed by atoms with Gasteiger partial charge in [-0.1, -0.05) is 18.7 Å². The summed E-state index contributed by atoms with van der Waals surface area (Å²) in [5.74, 6) is -1.41. The first kappa shape index (κ1) is 33.0. The van der Waals surface area contributed by atoms with E-state index in [1.165, 1.54) is 11.0 Å². The van der Waals surface area contributed by atoms with Crippen LogP contribution in [0.3, 0.4) is 0 Å². The van der Waals surface area contributed by atoms with E-state index >= 15 is 0 Å². The standard InChI is InChI=1S/2C14H23NO4/c1-5-9-18-12(16)11-7-6-8-15(10-11)13(17)19-14(2,3)4;1-5-7-14(11(16)17)8-6-9-15(10-14)12(18)19-13(2,3)4/h5,11H,1,6-10H2,2-4H3;5H,1,6-10H2,2-4H3,(H,16,17). The van der Waals surface area contributed by atoms with Crippen LogP contribution in [0.5, 0.6) is 0 Å². The van der Waals surface area contributed by atoms with Crippen molar-refractivity contribution in [1.29, 1.82) is 0 Å². The van der Waals surface area contributed by atoms with Gasteiger partial charge in [0, 0.05) is 26.2 Å². The van der Waals surface area contributed by atoms with E-state index in [1.807, 2.05) is 20.8 Å². The predicted octanol–water partition coefficient (Wildman–Crippen LogP) is 5.03. The number of rotatable bonds is 6. The number of likely N-dealkylation sites (tertiary alicyclic amines) is 2. The number of carbonyl (C=O) groups excluding carboxylic acids is 3. The Bertz CT molecular complexity index is 856. The second kappa shape index (κ2) is 14.2. The number of hydrogen-bond acceptors (Lipinski definition) is 7. The summed E-state index contributed by atoms with van der Waals surface area (Å²) < 4.78 is 15.6. The third-order valence-corrected chi connectivity index (χ3v) is 5.97. The van der Waals surface area contributed by atoms with Crippen molar-refractivity contribution in [3.05, 3.63) is 25.3 Å². The summed E-state index contributed by atoms with van der Waals surface area (Å²) in [6, 6.07) is 0. The first-order chi connectivity index (χ1) is 17.5. The molecule has 216 valence electrons. The predicted molar refractivity (Wildman–Crippen MR) is 144 cm³/mol. The van der Waals surface area contributed by atoms with E-state index in [1.54, 1.807) is 31.7 Å². The SMILES string of the molecule is C=CCC1(C(=O)O)CCCN(C(=O)OC(C)(C)C)C1.C=CCOC(=O)C1CCCN(C(=O)OC(C)(C)C)C1. The highest BCUT2D eigenvalue weighted by atomic mass is 16.6. The van der Waals surface area contributed by atoms with Crippen LogP contribution in [0.1, 0.15) is 73.6 Å². The van der Waals surface area contributed by atoms with E-state index in [4.69, 9.17) is 14.2 Å². The Kier molecular flexibility index (Phi) is 12.3. The zero-order chi connectivity index (χ0) is 29.1. The van der Waals surface area contributed by atoms with Gasteiger partial charge in [-0.15, -0.1) is 6.58 Å². The van der Waals surface area contributed by atoms with Gasteiger partial charge in [-0.25, -0.2) is 9.59 Å². The highest BCUT2D eigenvalue weighted by molar-refractivity contribution is 5.77. The van der Waals surface area contributed by atoms with Crippen LogP contribution in [-0.2, 0) is 23.8 Å². The van der Waals surface area contributed by atoms with E-state index in [0.29, 0.717) is 38.9 Å². The lowest BCUT2D eigenvalue weighted by atomic mass is 9.77. The van der Waals surface area contributed by atoms with Crippen molar-refractivity contribution in [3.8, 4) is 0 Å². The zero-order valence-electron chi connectivity index (χ0n) is 23.9.